The third-order valence-corrected chi connectivity index (χ3v) is 4.38. The summed E-state index contributed by atoms with van der Waals surface area (Å²) < 4.78 is 0. The van der Waals surface area contributed by atoms with Crippen LogP contribution in [0.1, 0.15) is 37.8 Å². The molecule has 146 valence electrons. The van der Waals surface area contributed by atoms with Crippen LogP contribution in [0.25, 0.3) is 11.4 Å². The van der Waals surface area contributed by atoms with E-state index < -0.39 is 0 Å². The van der Waals surface area contributed by atoms with Crippen molar-refractivity contribution in [3.63, 3.8) is 0 Å². The van der Waals surface area contributed by atoms with Crippen molar-refractivity contribution in [1.29, 1.82) is 5.26 Å². The zero-order chi connectivity index (χ0) is 20.5. The lowest BCUT2D eigenvalue weighted by Gasteiger charge is -2.12. The Kier molecular flexibility index (Phi) is 7.76. The first kappa shape index (κ1) is 21.2. The van der Waals surface area contributed by atoms with Gasteiger partial charge in [-0.25, -0.2) is 9.97 Å². The maximum Gasteiger partial charge on any atom is 0.161 e. The fourth-order valence-corrected chi connectivity index (χ4v) is 2.73. The topological polar surface area (TPSA) is 73.6 Å². The van der Waals surface area contributed by atoms with Crippen molar-refractivity contribution in [2.24, 2.45) is 5.92 Å². The summed E-state index contributed by atoms with van der Waals surface area (Å²) in [5.74, 6) is 2.03. The third-order valence-electron chi connectivity index (χ3n) is 4.38. The summed E-state index contributed by atoms with van der Waals surface area (Å²) in [5, 5.41) is 15.3. The van der Waals surface area contributed by atoms with Crippen LogP contribution in [0.5, 0.6) is 0 Å². The largest absolute Gasteiger partial charge is 0.391 e. The summed E-state index contributed by atoms with van der Waals surface area (Å²) in [4.78, 5) is 9.09. The second-order valence-electron chi connectivity index (χ2n) is 6.53. The van der Waals surface area contributed by atoms with Crippen LogP contribution in [0, 0.1) is 24.2 Å². The van der Waals surface area contributed by atoms with Gasteiger partial charge >= 0.3 is 0 Å². The highest BCUT2D eigenvalue weighted by atomic mass is 15.0. The van der Waals surface area contributed by atoms with Gasteiger partial charge in [0.15, 0.2) is 5.82 Å². The fourth-order valence-electron chi connectivity index (χ4n) is 2.73. The lowest BCUT2D eigenvalue weighted by atomic mass is 10.1. The van der Waals surface area contributed by atoms with Crippen LogP contribution in [-0.2, 0) is 6.42 Å². The summed E-state index contributed by atoms with van der Waals surface area (Å²) in [5.41, 5.74) is 4.88. The van der Waals surface area contributed by atoms with Gasteiger partial charge in [0, 0.05) is 35.8 Å². The second-order valence-corrected chi connectivity index (χ2v) is 6.53. The first-order chi connectivity index (χ1) is 13.6. The number of hydrogen-bond donors (Lipinski definition) is 2. The van der Waals surface area contributed by atoms with E-state index in [4.69, 9.17) is 5.26 Å². The van der Waals surface area contributed by atoms with E-state index in [1.807, 2.05) is 58.3 Å². The molecule has 0 radical (unpaired) electrons. The molecule has 0 unspecified atom stereocenters. The van der Waals surface area contributed by atoms with Crippen molar-refractivity contribution in [3.05, 3.63) is 65.6 Å². The minimum absolute atomic E-state index is 0.406. The Hall–Kier alpha value is -3.13. The number of allylic oxidation sites excluding steroid dienone is 2. The molecule has 28 heavy (non-hydrogen) atoms. The Balaban J connectivity index is 0.00000136. The molecule has 5 nitrogen and oxygen atoms in total. The van der Waals surface area contributed by atoms with Gasteiger partial charge in [0.1, 0.15) is 5.82 Å². The molecule has 1 fully saturated rings. The predicted octanol–water partition coefficient (Wildman–Crippen LogP) is 4.98. The number of anilines is 1. The molecule has 2 N–H and O–H groups in total. The van der Waals surface area contributed by atoms with Gasteiger partial charge in [-0.3, -0.25) is 0 Å². The zero-order valence-electron chi connectivity index (χ0n) is 17.2. The van der Waals surface area contributed by atoms with Crippen molar-refractivity contribution < 1.29 is 0 Å². The first-order valence-corrected chi connectivity index (χ1v) is 9.76. The van der Waals surface area contributed by atoms with Crippen molar-refractivity contribution in [3.8, 4) is 17.5 Å². The van der Waals surface area contributed by atoms with E-state index >= 15 is 0 Å². The molecule has 1 aromatic heterocycles. The molecule has 0 saturated heterocycles. The first-order valence-electron chi connectivity index (χ1n) is 9.76. The Bertz CT molecular complexity index is 871. The summed E-state index contributed by atoms with van der Waals surface area (Å²) in [7, 11) is 1.95. The molecule has 2 aromatic rings. The molecule has 0 amide bonds. The summed E-state index contributed by atoms with van der Waals surface area (Å²) >= 11 is 0. The lowest BCUT2D eigenvalue weighted by Crippen LogP contribution is -2.10. The van der Waals surface area contributed by atoms with Gasteiger partial charge in [-0.05, 0) is 37.3 Å². The second kappa shape index (κ2) is 10.3. The average Bonchev–Trinajstić information content (AvgIpc) is 3.55. The number of hydrogen-bond acceptors (Lipinski definition) is 5. The Morgan fingerprint density at radius 3 is 2.54 bits per heavy atom. The maximum absolute atomic E-state index is 8.77. The van der Waals surface area contributed by atoms with E-state index in [1.165, 1.54) is 18.5 Å². The molecule has 1 aliphatic rings. The fraction of sp³-hybridized carbons (Fsp3) is 0.348. The monoisotopic (exact) mass is 375 g/mol. The average molecular weight is 376 g/mol. The van der Waals surface area contributed by atoms with E-state index in [1.54, 1.807) is 0 Å². The number of aryl methyl sites for hydroxylation is 1. The molecule has 3 rings (SSSR count). The molecule has 1 aromatic carbocycles. The Morgan fingerprint density at radius 2 is 1.96 bits per heavy atom. The molecule has 0 atom stereocenters. The SMILES string of the molecule is C=C(/C=C(\NC)C1CC1)Nc1nc(-c2ccc(CC#N)cc2)ncc1C.CC. The summed E-state index contributed by atoms with van der Waals surface area (Å²) in [6.07, 6.45) is 6.74. The molecule has 1 aliphatic carbocycles. The highest BCUT2D eigenvalue weighted by molar-refractivity contribution is 5.60. The lowest BCUT2D eigenvalue weighted by molar-refractivity contribution is 0.845. The van der Waals surface area contributed by atoms with Gasteiger partial charge in [0.05, 0.1) is 12.5 Å². The molecular formula is C23H29N5. The zero-order valence-corrected chi connectivity index (χ0v) is 17.2. The van der Waals surface area contributed by atoms with E-state index in [-0.39, 0.29) is 0 Å². The molecule has 5 heteroatoms. The molecule has 1 saturated carbocycles. The normalized spacial score (nSPS) is 13.0. The van der Waals surface area contributed by atoms with Gasteiger partial charge in [0.2, 0.25) is 0 Å². The standard InChI is InChI=1S/C21H23N5.C2H6/c1-14-13-24-21(18-6-4-16(5-7-18)10-11-22)26-20(14)25-15(2)12-19(23-3)17-8-9-17;1-2/h4-7,12-13,17,23H,2,8-10H2,1,3H3,(H,24,25,26);1-2H3/b19-12-;. The van der Waals surface area contributed by atoms with Crippen LogP contribution in [-0.4, -0.2) is 17.0 Å². The maximum atomic E-state index is 8.77. The van der Waals surface area contributed by atoms with E-state index in [2.05, 4.69) is 39.3 Å². The Morgan fingerprint density at radius 1 is 1.29 bits per heavy atom. The van der Waals surface area contributed by atoms with Crippen LogP contribution in [0.15, 0.2) is 54.5 Å². The number of nitrogens with one attached hydrogen (secondary N) is 2. The minimum atomic E-state index is 0.406. The highest BCUT2D eigenvalue weighted by Crippen LogP contribution is 2.35. The van der Waals surface area contributed by atoms with Gasteiger partial charge in [-0.1, -0.05) is 44.7 Å². The number of aromatic nitrogens is 2. The van der Waals surface area contributed by atoms with Gasteiger partial charge in [-0.15, -0.1) is 0 Å². The van der Waals surface area contributed by atoms with Gasteiger partial charge in [0.25, 0.3) is 0 Å². The molecule has 0 bridgehead atoms. The number of benzene rings is 1. The van der Waals surface area contributed by atoms with Crippen molar-refractivity contribution >= 4 is 5.82 Å². The molecule has 1 heterocycles. The van der Waals surface area contributed by atoms with Gasteiger partial charge < -0.3 is 10.6 Å². The van der Waals surface area contributed by atoms with Crippen LogP contribution >= 0.6 is 0 Å². The van der Waals surface area contributed by atoms with Crippen molar-refractivity contribution in [2.45, 2.75) is 40.0 Å². The molecular weight excluding hydrogens is 346 g/mol. The quantitative estimate of drug-likeness (QED) is 0.668. The van der Waals surface area contributed by atoms with Crippen LogP contribution < -0.4 is 10.6 Å². The van der Waals surface area contributed by atoms with E-state index in [0.29, 0.717) is 18.2 Å². The summed E-state index contributed by atoms with van der Waals surface area (Å²) in [6, 6.07) is 9.92. The Labute approximate surface area is 168 Å². The number of nitriles is 1. The third kappa shape index (κ3) is 5.68. The highest BCUT2D eigenvalue weighted by Gasteiger charge is 2.25. The van der Waals surface area contributed by atoms with Crippen LogP contribution in [0.3, 0.4) is 0 Å². The predicted molar refractivity (Wildman–Crippen MR) is 115 cm³/mol. The van der Waals surface area contributed by atoms with E-state index in [0.717, 1.165) is 28.2 Å². The van der Waals surface area contributed by atoms with Gasteiger partial charge in [-0.2, -0.15) is 5.26 Å². The van der Waals surface area contributed by atoms with Crippen LogP contribution in [0.2, 0.25) is 0 Å². The molecule has 0 aliphatic heterocycles. The van der Waals surface area contributed by atoms with Crippen molar-refractivity contribution in [2.75, 3.05) is 12.4 Å². The number of nitrogens with zero attached hydrogens (tertiary/aromatic N) is 3. The molecule has 0 spiro atoms. The van der Waals surface area contributed by atoms with E-state index in [9.17, 15) is 0 Å². The number of rotatable bonds is 7. The summed E-state index contributed by atoms with van der Waals surface area (Å²) in [6.45, 7) is 10.1. The minimum Gasteiger partial charge on any atom is -0.391 e. The van der Waals surface area contributed by atoms with Crippen LogP contribution in [0.4, 0.5) is 5.82 Å². The smallest absolute Gasteiger partial charge is 0.161 e. The van der Waals surface area contributed by atoms with Crippen molar-refractivity contribution in [1.82, 2.24) is 15.3 Å².